The van der Waals surface area contributed by atoms with E-state index in [0.29, 0.717) is 21.6 Å². The lowest BCUT2D eigenvalue weighted by Gasteiger charge is -2.11. The van der Waals surface area contributed by atoms with Gasteiger partial charge in [0.05, 0.1) is 17.8 Å². The summed E-state index contributed by atoms with van der Waals surface area (Å²) >= 11 is 18.1. The van der Waals surface area contributed by atoms with E-state index in [-0.39, 0.29) is 0 Å². The van der Waals surface area contributed by atoms with Gasteiger partial charge in [0.15, 0.2) is 0 Å². The van der Waals surface area contributed by atoms with Crippen molar-refractivity contribution in [2.24, 2.45) is 0 Å². The van der Waals surface area contributed by atoms with Crippen LogP contribution < -0.4 is 10.1 Å². The monoisotopic (exact) mass is 315 g/mol. The van der Waals surface area contributed by atoms with Crippen LogP contribution in [0.3, 0.4) is 0 Å². The fraction of sp³-hybridized carbons (Fsp3) is 0.143. The zero-order valence-electron chi connectivity index (χ0n) is 10.2. The Labute approximate surface area is 127 Å². The third-order valence-corrected chi connectivity index (χ3v) is 3.57. The fourth-order valence-electron chi connectivity index (χ4n) is 1.62. The predicted octanol–water partition coefficient (Wildman–Crippen LogP) is 5.27. The average Bonchev–Trinajstić information content (AvgIpc) is 2.39. The molecule has 0 aromatic heterocycles. The van der Waals surface area contributed by atoms with Gasteiger partial charge in [-0.05, 0) is 29.8 Å². The summed E-state index contributed by atoms with van der Waals surface area (Å²) in [5.74, 6) is 0.745. The van der Waals surface area contributed by atoms with Crippen LogP contribution >= 0.6 is 34.8 Å². The quantitative estimate of drug-likeness (QED) is 0.830. The molecule has 1 N–H and O–H groups in total. The van der Waals surface area contributed by atoms with Crippen LogP contribution in [0.1, 0.15) is 5.56 Å². The first kappa shape index (κ1) is 14.3. The minimum absolute atomic E-state index is 0.558. The highest BCUT2D eigenvalue weighted by Gasteiger charge is 2.05. The molecule has 100 valence electrons. The average molecular weight is 317 g/mol. The molecule has 0 heterocycles. The maximum atomic E-state index is 6.11. The topological polar surface area (TPSA) is 21.3 Å². The molecule has 19 heavy (non-hydrogen) atoms. The lowest BCUT2D eigenvalue weighted by atomic mass is 10.2. The van der Waals surface area contributed by atoms with E-state index in [4.69, 9.17) is 39.5 Å². The Morgan fingerprint density at radius 2 is 1.79 bits per heavy atom. The van der Waals surface area contributed by atoms with Crippen molar-refractivity contribution in [1.82, 2.24) is 0 Å². The van der Waals surface area contributed by atoms with Crippen LogP contribution in [0, 0.1) is 0 Å². The van der Waals surface area contributed by atoms with Crippen molar-refractivity contribution in [3.05, 3.63) is 57.0 Å². The van der Waals surface area contributed by atoms with E-state index in [2.05, 4.69) is 5.32 Å². The molecule has 2 aromatic rings. The zero-order valence-corrected chi connectivity index (χ0v) is 12.5. The molecule has 2 rings (SSSR count). The van der Waals surface area contributed by atoms with Crippen molar-refractivity contribution in [1.29, 1.82) is 0 Å². The molecule has 0 unspecified atom stereocenters. The molecule has 5 heteroatoms. The lowest BCUT2D eigenvalue weighted by Crippen LogP contribution is -2.01. The van der Waals surface area contributed by atoms with E-state index < -0.39 is 0 Å². The minimum Gasteiger partial charge on any atom is -0.497 e. The maximum Gasteiger partial charge on any atom is 0.121 e. The highest BCUT2D eigenvalue weighted by molar-refractivity contribution is 6.35. The van der Waals surface area contributed by atoms with E-state index in [9.17, 15) is 0 Å². The number of hydrogen-bond acceptors (Lipinski definition) is 2. The van der Waals surface area contributed by atoms with E-state index in [0.717, 1.165) is 17.0 Å². The second-order valence-corrected chi connectivity index (χ2v) is 5.19. The van der Waals surface area contributed by atoms with E-state index in [1.807, 2.05) is 18.2 Å². The minimum atomic E-state index is 0.558. The van der Waals surface area contributed by atoms with Gasteiger partial charge >= 0.3 is 0 Å². The Bertz CT molecular complexity index is 587. The summed E-state index contributed by atoms with van der Waals surface area (Å²) in [6.45, 7) is 0.558. The number of rotatable bonds is 4. The summed E-state index contributed by atoms with van der Waals surface area (Å²) in [7, 11) is 1.61. The number of benzene rings is 2. The molecule has 0 atom stereocenters. The summed E-state index contributed by atoms with van der Waals surface area (Å²) < 4.78 is 5.16. The number of anilines is 1. The zero-order chi connectivity index (χ0) is 13.8. The Balaban J connectivity index is 2.14. The largest absolute Gasteiger partial charge is 0.497 e. The first-order valence-electron chi connectivity index (χ1n) is 5.61. The maximum absolute atomic E-state index is 6.11. The van der Waals surface area contributed by atoms with Crippen molar-refractivity contribution in [2.45, 2.75) is 6.54 Å². The number of ether oxygens (including phenoxy) is 1. The van der Waals surface area contributed by atoms with Gasteiger partial charge in [-0.1, -0.05) is 40.9 Å². The number of hydrogen-bond donors (Lipinski definition) is 1. The molecule has 2 aromatic carbocycles. The molecule has 2 nitrogen and oxygen atoms in total. The van der Waals surface area contributed by atoms with Gasteiger partial charge in [0.1, 0.15) is 5.75 Å². The van der Waals surface area contributed by atoms with Gasteiger partial charge in [0.2, 0.25) is 0 Å². The number of methoxy groups -OCH3 is 1. The van der Waals surface area contributed by atoms with Crippen molar-refractivity contribution < 1.29 is 4.74 Å². The normalized spacial score (nSPS) is 10.3. The summed E-state index contributed by atoms with van der Waals surface area (Å²) in [5, 5.41) is 5.10. The molecule has 0 spiro atoms. The van der Waals surface area contributed by atoms with Crippen LogP contribution in [-0.2, 0) is 6.54 Å². The molecule has 0 saturated heterocycles. The van der Waals surface area contributed by atoms with Gasteiger partial charge in [-0.15, -0.1) is 0 Å². The predicted molar refractivity (Wildman–Crippen MR) is 81.8 cm³/mol. The van der Waals surface area contributed by atoms with Crippen LogP contribution in [-0.4, -0.2) is 7.11 Å². The van der Waals surface area contributed by atoms with Gasteiger partial charge in [-0.25, -0.2) is 0 Å². The molecular formula is C14H12Cl3NO. The van der Waals surface area contributed by atoms with Crippen LogP contribution in [0.4, 0.5) is 5.69 Å². The smallest absolute Gasteiger partial charge is 0.121 e. The van der Waals surface area contributed by atoms with Gasteiger partial charge in [-0.3, -0.25) is 0 Å². The van der Waals surface area contributed by atoms with Crippen molar-refractivity contribution in [3.8, 4) is 5.75 Å². The second kappa shape index (κ2) is 6.38. The van der Waals surface area contributed by atoms with Crippen LogP contribution in [0.5, 0.6) is 5.75 Å². The van der Waals surface area contributed by atoms with E-state index in [1.54, 1.807) is 25.3 Å². The summed E-state index contributed by atoms with van der Waals surface area (Å²) in [6.07, 6.45) is 0. The third-order valence-electron chi connectivity index (χ3n) is 2.66. The van der Waals surface area contributed by atoms with Crippen LogP contribution in [0.25, 0.3) is 0 Å². The Morgan fingerprint density at radius 3 is 2.47 bits per heavy atom. The van der Waals surface area contributed by atoms with Gasteiger partial charge in [-0.2, -0.15) is 0 Å². The van der Waals surface area contributed by atoms with Gasteiger partial charge in [0.25, 0.3) is 0 Å². The lowest BCUT2D eigenvalue weighted by molar-refractivity contribution is 0.415. The summed E-state index contributed by atoms with van der Waals surface area (Å²) in [5.41, 5.74) is 1.75. The van der Waals surface area contributed by atoms with E-state index >= 15 is 0 Å². The molecule has 0 aliphatic heterocycles. The SMILES string of the molecule is COc1ccc(Cl)c(NCc2ccc(Cl)cc2Cl)c1. The summed E-state index contributed by atoms with van der Waals surface area (Å²) in [4.78, 5) is 0. The first-order valence-corrected chi connectivity index (χ1v) is 6.75. The number of halogens is 3. The Kier molecular flexibility index (Phi) is 4.81. The van der Waals surface area contributed by atoms with Gasteiger partial charge in [0, 0.05) is 22.7 Å². The molecule has 0 saturated carbocycles. The number of nitrogens with one attached hydrogen (secondary N) is 1. The Morgan fingerprint density at radius 1 is 1.00 bits per heavy atom. The highest BCUT2D eigenvalue weighted by atomic mass is 35.5. The van der Waals surface area contributed by atoms with Crippen molar-refractivity contribution >= 4 is 40.5 Å². The third kappa shape index (κ3) is 3.69. The molecule has 0 amide bonds. The van der Waals surface area contributed by atoms with E-state index in [1.165, 1.54) is 0 Å². The standard InChI is InChI=1S/C14H12Cl3NO/c1-19-11-4-5-12(16)14(7-11)18-8-9-2-3-10(15)6-13(9)17/h2-7,18H,8H2,1H3. The molecule has 0 radical (unpaired) electrons. The fourth-order valence-corrected chi connectivity index (χ4v) is 2.28. The molecule has 0 fully saturated rings. The molecule has 0 aliphatic rings. The second-order valence-electron chi connectivity index (χ2n) is 3.94. The van der Waals surface area contributed by atoms with Crippen LogP contribution in [0.15, 0.2) is 36.4 Å². The molecule has 0 bridgehead atoms. The first-order chi connectivity index (χ1) is 9.10. The highest BCUT2D eigenvalue weighted by Crippen LogP contribution is 2.28. The molecular weight excluding hydrogens is 305 g/mol. The molecule has 0 aliphatic carbocycles. The van der Waals surface area contributed by atoms with Gasteiger partial charge < -0.3 is 10.1 Å². The van der Waals surface area contributed by atoms with Crippen molar-refractivity contribution in [3.63, 3.8) is 0 Å². The summed E-state index contributed by atoms with van der Waals surface area (Å²) in [6, 6.07) is 10.8. The van der Waals surface area contributed by atoms with Crippen molar-refractivity contribution in [2.75, 3.05) is 12.4 Å². The van der Waals surface area contributed by atoms with Crippen LogP contribution in [0.2, 0.25) is 15.1 Å². The Hall–Kier alpha value is -1.09.